The molecule has 0 spiro atoms. The van der Waals surface area contributed by atoms with Crippen LogP contribution in [0, 0.1) is 6.92 Å². The Hall–Kier alpha value is -1.32. The van der Waals surface area contributed by atoms with Gasteiger partial charge in [-0.3, -0.25) is 0 Å². The zero-order valence-corrected chi connectivity index (χ0v) is 9.38. The highest BCUT2D eigenvalue weighted by molar-refractivity contribution is 5.56. The molecule has 2 N–H and O–H groups in total. The van der Waals surface area contributed by atoms with E-state index in [1.807, 2.05) is 14.0 Å². The van der Waals surface area contributed by atoms with Gasteiger partial charge in [-0.15, -0.1) is 0 Å². The van der Waals surface area contributed by atoms with Crippen LogP contribution >= 0.6 is 0 Å². The van der Waals surface area contributed by atoms with Crippen LogP contribution in [0.3, 0.4) is 0 Å². The lowest BCUT2D eigenvalue weighted by atomic mass is 10.2. The van der Waals surface area contributed by atoms with Crippen molar-refractivity contribution >= 4 is 11.6 Å². The highest BCUT2D eigenvalue weighted by Crippen LogP contribution is 2.24. The molecule has 1 aliphatic carbocycles. The second kappa shape index (κ2) is 4.47. The summed E-state index contributed by atoms with van der Waals surface area (Å²) < 4.78 is 0. The predicted octanol–water partition coefficient (Wildman–Crippen LogP) is 2.18. The second-order valence-electron chi connectivity index (χ2n) is 4.07. The van der Waals surface area contributed by atoms with E-state index in [2.05, 4.69) is 20.6 Å². The molecule has 82 valence electrons. The maximum Gasteiger partial charge on any atom is 0.134 e. The number of nitrogens with zero attached hydrogens (tertiary/aromatic N) is 2. The first-order valence-corrected chi connectivity index (χ1v) is 5.57. The molecule has 0 bridgehead atoms. The maximum atomic E-state index is 4.29. The fourth-order valence-electron chi connectivity index (χ4n) is 2.11. The topological polar surface area (TPSA) is 49.8 Å². The van der Waals surface area contributed by atoms with Crippen LogP contribution in [0.4, 0.5) is 11.6 Å². The molecule has 4 heteroatoms. The van der Waals surface area contributed by atoms with Crippen LogP contribution < -0.4 is 10.6 Å². The van der Waals surface area contributed by atoms with E-state index < -0.39 is 0 Å². The summed E-state index contributed by atoms with van der Waals surface area (Å²) in [5.74, 6) is 1.88. The molecule has 0 atom stereocenters. The molecule has 15 heavy (non-hydrogen) atoms. The van der Waals surface area contributed by atoms with E-state index in [0.717, 1.165) is 17.2 Å². The van der Waals surface area contributed by atoms with Crippen molar-refractivity contribution in [2.24, 2.45) is 0 Å². The Bertz CT molecular complexity index is 331. The zero-order valence-electron chi connectivity index (χ0n) is 9.38. The number of hydrogen-bond acceptors (Lipinski definition) is 4. The van der Waals surface area contributed by atoms with Crippen molar-refractivity contribution < 1.29 is 0 Å². The normalized spacial score (nSPS) is 16.7. The van der Waals surface area contributed by atoms with Gasteiger partial charge in [0.25, 0.3) is 0 Å². The lowest BCUT2D eigenvalue weighted by Crippen LogP contribution is -2.17. The molecular weight excluding hydrogens is 188 g/mol. The third kappa shape index (κ3) is 2.19. The summed E-state index contributed by atoms with van der Waals surface area (Å²) in [5, 5.41) is 6.56. The molecule has 1 fully saturated rings. The van der Waals surface area contributed by atoms with Crippen molar-refractivity contribution in [3.8, 4) is 0 Å². The molecule has 0 radical (unpaired) electrons. The van der Waals surface area contributed by atoms with E-state index in [1.165, 1.54) is 25.7 Å². The fourth-order valence-corrected chi connectivity index (χ4v) is 2.11. The Labute approximate surface area is 90.5 Å². The van der Waals surface area contributed by atoms with E-state index in [-0.39, 0.29) is 0 Å². The van der Waals surface area contributed by atoms with Crippen LogP contribution in [0.5, 0.6) is 0 Å². The standard InChI is InChI=1S/C11H18N4/c1-8-10(12-2)13-7-14-11(8)15-9-5-3-4-6-9/h7,9H,3-6H2,1-2H3,(H2,12,13,14,15). The molecule has 1 heterocycles. The number of aromatic nitrogens is 2. The van der Waals surface area contributed by atoms with Crippen molar-refractivity contribution in [1.29, 1.82) is 0 Å². The van der Waals surface area contributed by atoms with Gasteiger partial charge < -0.3 is 10.6 Å². The monoisotopic (exact) mass is 206 g/mol. The third-order valence-corrected chi connectivity index (χ3v) is 3.02. The molecule has 1 aliphatic rings. The first-order valence-electron chi connectivity index (χ1n) is 5.57. The van der Waals surface area contributed by atoms with Crippen LogP contribution in [-0.4, -0.2) is 23.1 Å². The van der Waals surface area contributed by atoms with Crippen molar-refractivity contribution in [2.45, 2.75) is 38.6 Å². The highest BCUT2D eigenvalue weighted by atomic mass is 15.1. The predicted molar refractivity (Wildman–Crippen MR) is 62.2 cm³/mol. The van der Waals surface area contributed by atoms with Crippen molar-refractivity contribution in [3.63, 3.8) is 0 Å². The van der Waals surface area contributed by atoms with E-state index in [1.54, 1.807) is 6.33 Å². The highest BCUT2D eigenvalue weighted by Gasteiger charge is 2.16. The Balaban J connectivity index is 2.13. The van der Waals surface area contributed by atoms with E-state index in [0.29, 0.717) is 6.04 Å². The fraction of sp³-hybridized carbons (Fsp3) is 0.636. The van der Waals surface area contributed by atoms with Gasteiger partial charge in [-0.2, -0.15) is 0 Å². The summed E-state index contributed by atoms with van der Waals surface area (Å²) in [4.78, 5) is 8.46. The molecule has 2 rings (SSSR count). The molecule has 0 aromatic carbocycles. The summed E-state index contributed by atoms with van der Waals surface area (Å²) in [5.41, 5.74) is 1.10. The van der Waals surface area contributed by atoms with Gasteiger partial charge in [-0.05, 0) is 19.8 Å². The molecule has 0 aliphatic heterocycles. The molecule has 1 aromatic rings. The van der Waals surface area contributed by atoms with Gasteiger partial charge in [-0.25, -0.2) is 9.97 Å². The molecule has 4 nitrogen and oxygen atoms in total. The van der Waals surface area contributed by atoms with Crippen molar-refractivity contribution in [2.75, 3.05) is 17.7 Å². The van der Waals surface area contributed by atoms with Gasteiger partial charge in [0.2, 0.25) is 0 Å². The molecular formula is C11H18N4. The molecule has 0 saturated heterocycles. The summed E-state index contributed by atoms with van der Waals surface area (Å²) in [6.07, 6.45) is 6.80. The average Bonchev–Trinajstić information content (AvgIpc) is 2.74. The van der Waals surface area contributed by atoms with Crippen LogP contribution in [-0.2, 0) is 0 Å². The molecule has 0 amide bonds. The largest absolute Gasteiger partial charge is 0.373 e. The van der Waals surface area contributed by atoms with Gasteiger partial charge >= 0.3 is 0 Å². The number of hydrogen-bond donors (Lipinski definition) is 2. The van der Waals surface area contributed by atoms with Gasteiger partial charge in [-0.1, -0.05) is 12.8 Å². The van der Waals surface area contributed by atoms with E-state index >= 15 is 0 Å². The zero-order chi connectivity index (χ0) is 10.7. The van der Waals surface area contributed by atoms with Gasteiger partial charge in [0.1, 0.15) is 18.0 Å². The minimum Gasteiger partial charge on any atom is -0.373 e. The summed E-state index contributed by atoms with van der Waals surface area (Å²) >= 11 is 0. The Kier molecular flexibility index (Phi) is 3.04. The van der Waals surface area contributed by atoms with Crippen LogP contribution in [0.25, 0.3) is 0 Å². The Morgan fingerprint density at radius 2 is 1.87 bits per heavy atom. The van der Waals surface area contributed by atoms with Gasteiger partial charge in [0.05, 0.1) is 0 Å². The van der Waals surface area contributed by atoms with Crippen molar-refractivity contribution in [3.05, 3.63) is 11.9 Å². The molecule has 1 saturated carbocycles. The Morgan fingerprint density at radius 3 is 2.53 bits per heavy atom. The first-order chi connectivity index (χ1) is 7.31. The van der Waals surface area contributed by atoms with Gasteiger partial charge in [0, 0.05) is 18.7 Å². The minimum atomic E-state index is 0.600. The van der Waals surface area contributed by atoms with Crippen LogP contribution in [0.1, 0.15) is 31.2 Å². The van der Waals surface area contributed by atoms with E-state index in [9.17, 15) is 0 Å². The smallest absolute Gasteiger partial charge is 0.134 e. The first kappa shape index (κ1) is 10.2. The quantitative estimate of drug-likeness (QED) is 0.796. The SMILES string of the molecule is CNc1ncnc(NC2CCCC2)c1C. The lowest BCUT2D eigenvalue weighted by molar-refractivity contribution is 0.748. The van der Waals surface area contributed by atoms with Crippen molar-refractivity contribution in [1.82, 2.24) is 9.97 Å². The number of nitrogens with one attached hydrogen (secondary N) is 2. The lowest BCUT2D eigenvalue weighted by Gasteiger charge is -2.15. The molecule has 1 aromatic heterocycles. The summed E-state index contributed by atoms with van der Waals surface area (Å²) in [6, 6.07) is 0.600. The molecule has 0 unspecified atom stereocenters. The number of rotatable bonds is 3. The van der Waals surface area contributed by atoms with Crippen LogP contribution in [0.15, 0.2) is 6.33 Å². The summed E-state index contributed by atoms with van der Waals surface area (Å²) in [7, 11) is 1.88. The number of anilines is 2. The average molecular weight is 206 g/mol. The van der Waals surface area contributed by atoms with Gasteiger partial charge in [0.15, 0.2) is 0 Å². The van der Waals surface area contributed by atoms with E-state index in [4.69, 9.17) is 0 Å². The second-order valence-corrected chi connectivity index (χ2v) is 4.07. The third-order valence-electron chi connectivity index (χ3n) is 3.02. The maximum absolute atomic E-state index is 4.29. The summed E-state index contributed by atoms with van der Waals surface area (Å²) in [6.45, 7) is 2.04. The minimum absolute atomic E-state index is 0.600. The Morgan fingerprint density at radius 1 is 1.20 bits per heavy atom. The van der Waals surface area contributed by atoms with Crippen LogP contribution in [0.2, 0.25) is 0 Å².